The molecule has 1 atom stereocenters. The van der Waals surface area contributed by atoms with E-state index in [0.29, 0.717) is 27.7 Å². The number of aliphatic hydroxyl groups excluding tert-OH is 1. The van der Waals surface area contributed by atoms with Gasteiger partial charge in [-0.05, 0) is 60.8 Å². The minimum absolute atomic E-state index is 0.0204. The zero-order valence-electron chi connectivity index (χ0n) is 24.5. The maximum Gasteiger partial charge on any atom is 0.339 e. The summed E-state index contributed by atoms with van der Waals surface area (Å²) in [6, 6.07) is 21.3. The fourth-order valence-electron chi connectivity index (χ4n) is 4.67. The molecular formula is C33H36ClN3O6S2. The fourth-order valence-corrected chi connectivity index (χ4v) is 6.66. The van der Waals surface area contributed by atoms with E-state index < -0.39 is 12.1 Å². The van der Waals surface area contributed by atoms with Crippen molar-refractivity contribution < 1.29 is 25.2 Å². The summed E-state index contributed by atoms with van der Waals surface area (Å²) in [5, 5.41) is 47.6. The Morgan fingerprint density at radius 1 is 0.933 bits per heavy atom. The summed E-state index contributed by atoms with van der Waals surface area (Å²) in [5.41, 5.74) is 2.16. The molecule has 238 valence electrons. The smallest absolute Gasteiger partial charge is 0.339 e. The van der Waals surface area contributed by atoms with Crippen LogP contribution in [0.4, 0.5) is 0 Å². The number of benzene rings is 4. The number of H-pyrrole nitrogens is 1. The van der Waals surface area contributed by atoms with Crippen LogP contribution in [0.1, 0.15) is 34.0 Å². The number of halogens is 1. The molecular weight excluding hydrogens is 634 g/mol. The van der Waals surface area contributed by atoms with E-state index in [2.05, 4.69) is 21.7 Å². The number of carboxylic acids is 1. The number of nitrogens with one attached hydrogen (secondary N) is 3. The van der Waals surface area contributed by atoms with Gasteiger partial charge in [-0.25, -0.2) is 4.79 Å². The van der Waals surface area contributed by atoms with Gasteiger partial charge < -0.3 is 36.0 Å². The quantitative estimate of drug-likeness (QED) is 0.0730. The summed E-state index contributed by atoms with van der Waals surface area (Å²) in [4.78, 5) is 24.7. The number of aromatic nitrogens is 1. The summed E-state index contributed by atoms with van der Waals surface area (Å²) < 4.78 is 0.607. The van der Waals surface area contributed by atoms with Crippen LogP contribution in [0.3, 0.4) is 0 Å². The monoisotopic (exact) mass is 669 g/mol. The van der Waals surface area contributed by atoms with Crippen LogP contribution >= 0.6 is 34.7 Å². The molecule has 0 fully saturated rings. The highest BCUT2D eigenvalue weighted by Gasteiger charge is 2.16. The van der Waals surface area contributed by atoms with Gasteiger partial charge in [0, 0.05) is 34.8 Å². The first-order valence-electron chi connectivity index (χ1n) is 14.5. The lowest BCUT2D eigenvalue weighted by atomic mass is 10.1. The lowest BCUT2D eigenvalue weighted by molar-refractivity contribution is 0.0694. The van der Waals surface area contributed by atoms with Crippen LogP contribution in [-0.4, -0.2) is 69.1 Å². The van der Waals surface area contributed by atoms with E-state index in [1.54, 1.807) is 24.3 Å². The van der Waals surface area contributed by atoms with Crippen molar-refractivity contribution in [2.45, 2.75) is 18.9 Å². The maximum absolute atomic E-state index is 11.6. The number of hydrogen-bond donors (Lipinski definition) is 7. The summed E-state index contributed by atoms with van der Waals surface area (Å²) in [6.07, 6.45) is 1.31. The minimum atomic E-state index is -1.12. The van der Waals surface area contributed by atoms with Gasteiger partial charge in [0.15, 0.2) is 0 Å². The second-order valence-electron chi connectivity index (χ2n) is 10.2. The van der Waals surface area contributed by atoms with Gasteiger partial charge in [-0.2, -0.15) is 11.8 Å². The number of aliphatic hydroxyl groups is 1. The molecule has 12 heteroatoms. The highest BCUT2D eigenvalue weighted by Crippen LogP contribution is 2.31. The van der Waals surface area contributed by atoms with Crippen LogP contribution < -0.4 is 15.5 Å². The van der Waals surface area contributed by atoms with E-state index in [0.717, 1.165) is 65.7 Å². The van der Waals surface area contributed by atoms with E-state index >= 15 is 0 Å². The maximum atomic E-state index is 11.6. The Labute approximate surface area is 273 Å². The molecule has 0 saturated heterocycles. The van der Waals surface area contributed by atoms with E-state index in [1.807, 2.05) is 42.1 Å². The predicted octanol–water partition coefficient (Wildman–Crippen LogP) is 5.77. The number of fused-ring (bicyclic) bond motifs is 2. The average molecular weight is 670 g/mol. The van der Waals surface area contributed by atoms with Crippen LogP contribution in [-0.2, 0) is 6.42 Å². The molecule has 0 radical (unpaired) electrons. The van der Waals surface area contributed by atoms with Gasteiger partial charge in [0.25, 0.3) is 0 Å². The van der Waals surface area contributed by atoms with Gasteiger partial charge in [0.2, 0.25) is 0 Å². The van der Waals surface area contributed by atoms with E-state index in [4.69, 9.17) is 16.7 Å². The SMILES string of the molecule is O=C(O)c1ccc2ccccc2c1O.O=c1[nH]c2c(O)ccc([C@@H](O)CNCCSCCCNCCc3ccccc3Cl)c2s1. The second kappa shape index (κ2) is 17.2. The molecule has 0 amide bonds. The number of phenolic OH excluding ortho intramolecular Hbond substituents is 1. The fraction of sp³-hybridized carbons (Fsp3) is 0.273. The number of carbonyl (C=O) groups is 1. The third-order valence-corrected chi connectivity index (χ3v) is 9.38. The van der Waals surface area contributed by atoms with Gasteiger partial charge >= 0.3 is 10.8 Å². The average Bonchev–Trinajstić information content (AvgIpc) is 3.43. The van der Waals surface area contributed by atoms with Crippen LogP contribution in [0, 0.1) is 0 Å². The third-order valence-electron chi connectivity index (χ3n) is 7.01. The van der Waals surface area contributed by atoms with Crippen molar-refractivity contribution >= 4 is 61.7 Å². The highest BCUT2D eigenvalue weighted by atomic mass is 35.5. The number of thioether (sulfide) groups is 1. The first kappa shape index (κ1) is 34.3. The molecule has 0 unspecified atom stereocenters. The molecule has 0 aliphatic rings. The number of hydrogen-bond acceptors (Lipinski definition) is 9. The highest BCUT2D eigenvalue weighted by molar-refractivity contribution is 7.99. The lowest BCUT2D eigenvalue weighted by Crippen LogP contribution is -2.24. The molecule has 0 aliphatic heterocycles. The van der Waals surface area contributed by atoms with Gasteiger partial charge in [-0.1, -0.05) is 77.5 Å². The van der Waals surface area contributed by atoms with E-state index in [9.17, 15) is 24.9 Å². The molecule has 0 spiro atoms. The molecule has 1 heterocycles. The number of aromatic hydroxyl groups is 2. The molecule has 7 N–H and O–H groups in total. The van der Waals surface area contributed by atoms with Gasteiger partial charge in [0.1, 0.15) is 22.6 Å². The Bertz CT molecular complexity index is 1780. The molecule has 9 nitrogen and oxygen atoms in total. The van der Waals surface area contributed by atoms with Gasteiger partial charge in [0.05, 0.1) is 10.8 Å². The summed E-state index contributed by atoms with van der Waals surface area (Å²) in [7, 11) is 0. The first-order chi connectivity index (χ1) is 21.8. The van der Waals surface area contributed by atoms with Crippen molar-refractivity contribution in [2.24, 2.45) is 0 Å². The Balaban J connectivity index is 0.000000273. The largest absolute Gasteiger partial charge is 0.506 e. The molecule has 5 aromatic rings. The zero-order chi connectivity index (χ0) is 32.2. The molecule has 45 heavy (non-hydrogen) atoms. The summed E-state index contributed by atoms with van der Waals surface area (Å²) >= 11 is 9.04. The Kier molecular flexibility index (Phi) is 13.1. The number of aromatic carboxylic acids is 1. The lowest BCUT2D eigenvalue weighted by Gasteiger charge is -2.13. The number of aromatic amines is 1. The number of rotatable bonds is 14. The van der Waals surface area contributed by atoms with Crippen molar-refractivity contribution in [2.75, 3.05) is 37.7 Å². The van der Waals surface area contributed by atoms with Crippen molar-refractivity contribution in [3.63, 3.8) is 0 Å². The van der Waals surface area contributed by atoms with Crippen molar-refractivity contribution in [3.05, 3.63) is 104 Å². The Morgan fingerprint density at radius 2 is 1.71 bits per heavy atom. The standard InChI is InChI=1S/C22H28ClN3O3S2.C11H8O3/c23-17-5-2-1-4-15(17)8-10-24-9-3-12-30-13-11-25-14-19(28)16-6-7-18(27)20-21(16)31-22(29)26-20;12-10-8-4-2-1-3-7(8)5-6-9(10)11(13)14/h1-2,4-7,19,24-25,27-28H,3,8-14H2,(H,26,29);1-6,12H,(H,13,14)/t19-;/m0./s1. The zero-order valence-corrected chi connectivity index (χ0v) is 26.9. The van der Waals surface area contributed by atoms with Crippen molar-refractivity contribution in [1.82, 2.24) is 15.6 Å². The third kappa shape index (κ3) is 9.70. The van der Waals surface area contributed by atoms with Crippen LogP contribution in [0.2, 0.25) is 5.02 Å². The topological polar surface area (TPSA) is 155 Å². The number of carboxylic acid groups (broad SMARTS) is 1. The summed E-state index contributed by atoms with van der Waals surface area (Å²) in [6.45, 7) is 3.11. The first-order valence-corrected chi connectivity index (χ1v) is 16.8. The van der Waals surface area contributed by atoms with Crippen LogP contribution in [0.25, 0.3) is 21.0 Å². The molecule has 0 saturated carbocycles. The Morgan fingerprint density at radius 3 is 2.51 bits per heavy atom. The number of phenols is 2. The van der Waals surface area contributed by atoms with E-state index in [-0.39, 0.29) is 21.9 Å². The van der Waals surface area contributed by atoms with Crippen LogP contribution in [0.5, 0.6) is 11.5 Å². The Hall–Kier alpha value is -3.58. The van der Waals surface area contributed by atoms with Crippen molar-refractivity contribution in [3.8, 4) is 11.5 Å². The molecule has 0 bridgehead atoms. The normalized spacial score (nSPS) is 11.8. The summed E-state index contributed by atoms with van der Waals surface area (Å²) in [5.74, 6) is 0.782. The van der Waals surface area contributed by atoms with Crippen molar-refractivity contribution in [1.29, 1.82) is 0 Å². The minimum Gasteiger partial charge on any atom is -0.506 e. The molecule has 1 aromatic heterocycles. The molecule has 4 aromatic carbocycles. The number of thiazole rings is 1. The van der Waals surface area contributed by atoms with E-state index in [1.165, 1.54) is 17.7 Å². The predicted molar refractivity (Wildman–Crippen MR) is 184 cm³/mol. The van der Waals surface area contributed by atoms with Gasteiger partial charge in [-0.3, -0.25) is 4.79 Å². The molecule has 0 aliphatic carbocycles. The molecule has 5 rings (SSSR count). The second-order valence-corrected chi connectivity index (χ2v) is 12.8. The van der Waals surface area contributed by atoms with Crippen LogP contribution in [0.15, 0.2) is 77.6 Å². The van der Waals surface area contributed by atoms with Gasteiger partial charge in [-0.15, -0.1) is 0 Å².